The lowest BCUT2D eigenvalue weighted by Gasteiger charge is -2.28. The van der Waals surface area contributed by atoms with E-state index in [9.17, 15) is 15.2 Å². The molecule has 0 spiro atoms. The average Bonchev–Trinajstić information content (AvgIpc) is 3.05. The number of carbonyl (C=O) groups excluding carboxylic acids is 1. The van der Waals surface area contributed by atoms with E-state index in [2.05, 4.69) is 5.10 Å². The highest BCUT2D eigenvalue weighted by atomic mass is 35.5. The third-order valence-electron chi connectivity index (χ3n) is 3.65. The molecule has 0 atom stereocenters. The van der Waals surface area contributed by atoms with Gasteiger partial charge in [-0.2, -0.15) is 10.4 Å². The molecule has 138 valence electrons. The van der Waals surface area contributed by atoms with Gasteiger partial charge >= 0.3 is 6.09 Å². The van der Waals surface area contributed by atoms with Gasteiger partial charge in [-0.05, 0) is 39.0 Å². The summed E-state index contributed by atoms with van der Waals surface area (Å²) in [5, 5.41) is 24.1. The van der Waals surface area contributed by atoms with Gasteiger partial charge < -0.3 is 9.84 Å². The minimum atomic E-state index is -0.755. The zero-order valence-electron chi connectivity index (χ0n) is 15.0. The molecule has 0 saturated heterocycles. The van der Waals surface area contributed by atoms with Crippen molar-refractivity contribution in [3.05, 3.63) is 53.2 Å². The van der Waals surface area contributed by atoms with E-state index in [4.69, 9.17) is 16.3 Å². The molecule has 3 aromatic rings. The number of ether oxygens (including phenoxy) is 1. The van der Waals surface area contributed by atoms with Crippen molar-refractivity contribution in [2.75, 3.05) is 4.90 Å². The van der Waals surface area contributed by atoms with Gasteiger partial charge in [-0.25, -0.2) is 14.2 Å². The Morgan fingerprint density at radius 1 is 1.33 bits per heavy atom. The third kappa shape index (κ3) is 3.52. The lowest BCUT2D eigenvalue weighted by atomic mass is 10.2. The molecule has 27 heavy (non-hydrogen) atoms. The lowest BCUT2D eigenvalue weighted by Crippen LogP contribution is -2.35. The first kappa shape index (κ1) is 18.5. The smallest absolute Gasteiger partial charge is 0.420 e. The molecular formula is C19H17ClN4O3. The summed E-state index contributed by atoms with van der Waals surface area (Å²) >= 11 is 6.31. The quantitative estimate of drug-likeness (QED) is 0.695. The third-order valence-corrected chi connectivity index (χ3v) is 3.97. The zero-order valence-corrected chi connectivity index (χ0v) is 15.7. The fourth-order valence-electron chi connectivity index (χ4n) is 2.59. The van der Waals surface area contributed by atoms with E-state index in [1.54, 1.807) is 51.1 Å². The van der Waals surface area contributed by atoms with Crippen molar-refractivity contribution in [1.82, 2.24) is 9.61 Å². The molecule has 3 rings (SSSR count). The second kappa shape index (κ2) is 6.82. The highest BCUT2D eigenvalue weighted by Gasteiger charge is 2.29. The first-order chi connectivity index (χ1) is 12.7. The van der Waals surface area contributed by atoms with E-state index in [0.717, 1.165) is 0 Å². The Kier molecular flexibility index (Phi) is 4.68. The average molecular weight is 385 g/mol. The number of pyridine rings is 1. The molecule has 0 aliphatic rings. The second-order valence-corrected chi connectivity index (χ2v) is 7.18. The number of anilines is 2. The van der Waals surface area contributed by atoms with E-state index in [1.807, 2.05) is 6.07 Å². The second-order valence-electron chi connectivity index (χ2n) is 6.77. The number of hydrogen-bond acceptors (Lipinski definition) is 5. The maximum absolute atomic E-state index is 13.0. The van der Waals surface area contributed by atoms with Crippen LogP contribution in [0.25, 0.3) is 5.52 Å². The maximum atomic E-state index is 13.0. The van der Waals surface area contributed by atoms with Crippen LogP contribution in [0.15, 0.2) is 42.6 Å². The topological polar surface area (TPSA) is 90.9 Å². The van der Waals surface area contributed by atoms with Gasteiger partial charge in [0.1, 0.15) is 28.8 Å². The molecule has 1 aromatic carbocycles. The largest absolute Gasteiger partial charge is 0.506 e. The number of aromatic hydroxyl groups is 1. The van der Waals surface area contributed by atoms with Gasteiger partial charge in [0.2, 0.25) is 0 Å². The van der Waals surface area contributed by atoms with Crippen LogP contribution in [0.1, 0.15) is 26.3 Å². The predicted molar refractivity (Wildman–Crippen MR) is 101 cm³/mol. The summed E-state index contributed by atoms with van der Waals surface area (Å²) in [6, 6.07) is 11.5. The minimum absolute atomic E-state index is 0.0551. The number of nitriles is 1. The number of carbonyl (C=O) groups is 1. The van der Waals surface area contributed by atoms with Crippen LogP contribution >= 0.6 is 11.6 Å². The Morgan fingerprint density at radius 3 is 2.67 bits per heavy atom. The normalized spacial score (nSPS) is 11.2. The standard InChI is InChI=1S/C19H17ClN4O3/c1-19(2,3)27-18(26)23(15-7-5-4-6-13(15)20)17-10-16(25)12(11-21)14-8-9-22-24(14)17/h4-10,25H,1-3H3. The minimum Gasteiger partial charge on any atom is -0.506 e. The lowest BCUT2D eigenvalue weighted by molar-refractivity contribution is 0.0597. The maximum Gasteiger partial charge on any atom is 0.420 e. The van der Waals surface area contributed by atoms with Crippen molar-refractivity contribution in [2.45, 2.75) is 26.4 Å². The van der Waals surface area contributed by atoms with Crippen molar-refractivity contribution in [1.29, 1.82) is 5.26 Å². The van der Waals surface area contributed by atoms with Crippen molar-refractivity contribution >= 4 is 34.7 Å². The van der Waals surface area contributed by atoms with Gasteiger partial charge in [-0.15, -0.1) is 0 Å². The molecule has 0 aliphatic heterocycles. The van der Waals surface area contributed by atoms with Gasteiger partial charge in [0.25, 0.3) is 0 Å². The highest BCUT2D eigenvalue weighted by Crippen LogP contribution is 2.36. The van der Waals surface area contributed by atoms with Gasteiger partial charge in [0, 0.05) is 6.07 Å². The van der Waals surface area contributed by atoms with Crippen LogP contribution in [0.2, 0.25) is 5.02 Å². The van der Waals surface area contributed by atoms with Gasteiger partial charge in [0.05, 0.1) is 22.4 Å². The van der Waals surface area contributed by atoms with Crippen LogP contribution in [-0.4, -0.2) is 26.4 Å². The highest BCUT2D eigenvalue weighted by molar-refractivity contribution is 6.34. The van der Waals surface area contributed by atoms with Gasteiger partial charge in [-0.3, -0.25) is 0 Å². The summed E-state index contributed by atoms with van der Waals surface area (Å²) in [6.45, 7) is 5.24. The van der Waals surface area contributed by atoms with Crippen LogP contribution in [0.5, 0.6) is 5.75 Å². The monoisotopic (exact) mass is 384 g/mol. The van der Waals surface area contributed by atoms with Crippen molar-refractivity contribution in [2.24, 2.45) is 0 Å². The molecule has 0 bridgehead atoms. The van der Waals surface area contributed by atoms with E-state index >= 15 is 0 Å². The van der Waals surface area contributed by atoms with Gasteiger partial charge in [-0.1, -0.05) is 23.7 Å². The van der Waals surface area contributed by atoms with Crippen molar-refractivity contribution in [3.8, 4) is 11.8 Å². The number of nitrogens with zero attached hydrogens (tertiary/aromatic N) is 4. The molecule has 2 aromatic heterocycles. The van der Waals surface area contributed by atoms with Crippen LogP contribution < -0.4 is 4.90 Å². The summed E-state index contributed by atoms with van der Waals surface area (Å²) in [7, 11) is 0. The molecule has 0 aliphatic carbocycles. The molecule has 8 heteroatoms. The van der Waals surface area contributed by atoms with E-state index in [-0.39, 0.29) is 17.1 Å². The van der Waals surface area contributed by atoms with E-state index in [1.165, 1.54) is 21.7 Å². The van der Waals surface area contributed by atoms with Crippen LogP contribution in [0, 0.1) is 11.3 Å². The molecule has 1 amide bonds. The first-order valence-corrected chi connectivity index (χ1v) is 8.48. The predicted octanol–water partition coefficient (Wildman–Crippen LogP) is 4.64. The first-order valence-electron chi connectivity index (χ1n) is 8.10. The molecule has 0 unspecified atom stereocenters. The summed E-state index contributed by atoms with van der Waals surface area (Å²) in [5.41, 5.74) is 0.0102. The summed E-state index contributed by atoms with van der Waals surface area (Å²) in [6.07, 6.45) is 0.774. The number of amides is 1. The Hall–Kier alpha value is -3.24. The summed E-state index contributed by atoms with van der Waals surface area (Å²) in [5.74, 6) is -0.0880. The Balaban J connectivity index is 2.28. The molecule has 0 fully saturated rings. The summed E-state index contributed by atoms with van der Waals surface area (Å²) in [4.78, 5) is 14.2. The SMILES string of the molecule is CC(C)(C)OC(=O)N(c1ccccc1Cl)c1cc(O)c(C#N)c2ccnn12. The molecule has 0 radical (unpaired) electrons. The van der Waals surface area contributed by atoms with E-state index < -0.39 is 11.7 Å². The van der Waals surface area contributed by atoms with Crippen molar-refractivity contribution in [3.63, 3.8) is 0 Å². The van der Waals surface area contributed by atoms with E-state index in [0.29, 0.717) is 16.2 Å². The zero-order chi connectivity index (χ0) is 19.8. The van der Waals surface area contributed by atoms with Crippen molar-refractivity contribution < 1.29 is 14.6 Å². The molecule has 7 nitrogen and oxygen atoms in total. The fourth-order valence-corrected chi connectivity index (χ4v) is 2.81. The van der Waals surface area contributed by atoms with Crippen LogP contribution in [0.3, 0.4) is 0 Å². The molecular weight excluding hydrogens is 368 g/mol. The Labute approximate surface area is 161 Å². The number of hydrogen-bond donors (Lipinski definition) is 1. The Morgan fingerprint density at radius 2 is 2.04 bits per heavy atom. The molecule has 1 N–H and O–H groups in total. The van der Waals surface area contributed by atoms with Crippen LogP contribution in [0.4, 0.5) is 16.3 Å². The number of fused-ring (bicyclic) bond motifs is 1. The number of rotatable bonds is 2. The molecule has 0 saturated carbocycles. The Bertz CT molecular complexity index is 1060. The summed E-state index contributed by atoms with van der Waals surface area (Å²) < 4.78 is 6.91. The number of aromatic nitrogens is 2. The van der Waals surface area contributed by atoms with Gasteiger partial charge in [0.15, 0.2) is 0 Å². The fraction of sp³-hybridized carbons (Fsp3) is 0.211. The number of halogens is 1. The number of benzene rings is 1. The van der Waals surface area contributed by atoms with Crippen LogP contribution in [-0.2, 0) is 4.74 Å². The molecule has 2 heterocycles. The number of para-hydroxylation sites is 1.